The second-order valence-electron chi connectivity index (χ2n) is 4.73. The van der Waals surface area contributed by atoms with Crippen molar-refractivity contribution in [1.29, 1.82) is 0 Å². The summed E-state index contributed by atoms with van der Waals surface area (Å²) >= 11 is 0. The Bertz CT molecular complexity index is 721. The van der Waals surface area contributed by atoms with Crippen molar-refractivity contribution in [2.75, 3.05) is 6.61 Å². The molecule has 0 unspecified atom stereocenters. The molecule has 22 heavy (non-hydrogen) atoms. The summed E-state index contributed by atoms with van der Waals surface area (Å²) in [5.74, 6) is 0.564. The molecule has 0 saturated heterocycles. The molecule has 0 radical (unpaired) electrons. The molecule has 112 valence electrons. The average Bonchev–Trinajstić information content (AvgIpc) is 2.52. The Kier molecular flexibility index (Phi) is 3.87. The first-order valence-corrected chi connectivity index (χ1v) is 6.65. The Morgan fingerprint density at radius 2 is 1.82 bits per heavy atom. The van der Waals surface area contributed by atoms with Gasteiger partial charge in [0.2, 0.25) is 0 Å². The molecule has 0 fully saturated rings. The van der Waals surface area contributed by atoms with Crippen molar-refractivity contribution in [3.05, 3.63) is 65.2 Å². The summed E-state index contributed by atoms with van der Waals surface area (Å²) in [7, 11) is 0. The van der Waals surface area contributed by atoms with Crippen LogP contribution in [-0.4, -0.2) is 19.0 Å². The summed E-state index contributed by atoms with van der Waals surface area (Å²) in [5.41, 5.74) is 1.76. The molecule has 0 saturated carbocycles. The Labute approximate surface area is 125 Å². The van der Waals surface area contributed by atoms with E-state index in [1.54, 1.807) is 36.4 Å². The van der Waals surface area contributed by atoms with Gasteiger partial charge in [0, 0.05) is 5.57 Å². The van der Waals surface area contributed by atoms with Crippen LogP contribution in [-0.2, 0) is 0 Å². The minimum absolute atomic E-state index is 0.0775. The van der Waals surface area contributed by atoms with E-state index in [2.05, 4.69) is 4.74 Å². The van der Waals surface area contributed by atoms with Crippen LogP contribution in [0.25, 0.3) is 6.08 Å². The first-order chi connectivity index (χ1) is 10.6. The zero-order valence-corrected chi connectivity index (χ0v) is 11.5. The molecule has 0 N–H and O–H groups in total. The first kappa shape index (κ1) is 14.3. The van der Waals surface area contributed by atoms with E-state index in [-0.39, 0.29) is 18.1 Å². The fourth-order valence-corrected chi connectivity index (χ4v) is 2.23. The van der Waals surface area contributed by atoms with Crippen LogP contribution in [0.5, 0.6) is 11.5 Å². The quantitative estimate of drug-likeness (QED) is 0.805. The van der Waals surface area contributed by atoms with Gasteiger partial charge in [-0.05, 0) is 35.9 Å². The van der Waals surface area contributed by atoms with Gasteiger partial charge >= 0.3 is 6.61 Å². The van der Waals surface area contributed by atoms with Crippen LogP contribution in [0, 0.1) is 0 Å². The SMILES string of the molecule is O=C1C(=Cc2ccc(OC(F)F)cc2)COc2ccccc21. The molecule has 1 aliphatic rings. The highest BCUT2D eigenvalue weighted by Gasteiger charge is 2.22. The summed E-state index contributed by atoms with van der Waals surface area (Å²) in [6, 6.07) is 13.1. The number of ketones is 1. The molecule has 2 aromatic carbocycles. The average molecular weight is 302 g/mol. The normalized spacial score (nSPS) is 15.6. The number of carbonyl (C=O) groups excluding carboxylic acids is 1. The minimum Gasteiger partial charge on any atom is -0.488 e. The second kappa shape index (κ2) is 5.97. The molecular formula is C17H12F2O3. The highest BCUT2D eigenvalue weighted by Crippen LogP contribution is 2.27. The maximum atomic E-state index is 12.4. The van der Waals surface area contributed by atoms with Crippen LogP contribution in [0.1, 0.15) is 15.9 Å². The second-order valence-corrected chi connectivity index (χ2v) is 4.73. The van der Waals surface area contributed by atoms with E-state index >= 15 is 0 Å². The van der Waals surface area contributed by atoms with Crippen LogP contribution in [0.2, 0.25) is 0 Å². The van der Waals surface area contributed by atoms with E-state index < -0.39 is 6.61 Å². The third kappa shape index (κ3) is 2.98. The predicted molar refractivity (Wildman–Crippen MR) is 77.3 cm³/mol. The molecule has 1 aliphatic heterocycles. The number of carbonyl (C=O) groups is 1. The summed E-state index contributed by atoms with van der Waals surface area (Å²) in [6.07, 6.45) is 1.68. The zero-order valence-electron chi connectivity index (χ0n) is 11.5. The van der Waals surface area contributed by atoms with Crippen LogP contribution in [0.15, 0.2) is 54.1 Å². The van der Waals surface area contributed by atoms with Gasteiger partial charge in [0.25, 0.3) is 0 Å². The third-order valence-corrected chi connectivity index (χ3v) is 3.25. The number of hydrogen-bond donors (Lipinski definition) is 0. The number of alkyl halides is 2. The first-order valence-electron chi connectivity index (χ1n) is 6.65. The summed E-state index contributed by atoms with van der Waals surface area (Å²) in [6.45, 7) is -2.67. The number of rotatable bonds is 3. The number of fused-ring (bicyclic) bond motifs is 1. The van der Waals surface area contributed by atoms with Gasteiger partial charge in [-0.25, -0.2) is 0 Å². The fourth-order valence-electron chi connectivity index (χ4n) is 2.23. The number of halogens is 2. The van der Waals surface area contributed by atoms with Crippen molar-refractivity contribution >= 4 is 11.9 Å². The molecule has 0 bridgehead atoms. The Morgan fingerprint density at radius 1 is 1.09 bits per heavy atom. The van der Waals surface area contributed by atoms with Crippen molar-refractivity contribution in [2.45, 2.75) is 6.61 Å². The molecule has 5 heteroatoms. The zero-order chi connectivity index (χ0) is 15.5. The number of hydrogen-bond acceptors (Lipinski definition) is 3. The highest BCUT2D eigenvalue weighted by molar-refractivity contribution is 6.14. The lowest BCUT2D eigenvalue weighted by molar-refractivity contribution is -0.0498. The summed E-state index contributed by atoms with van der Waals surface area (Å²) < 4.78 is 34.0. The van der Waals surface area contributed by atoms with E-state index in [1.165, 1.54) is 12.1 Å². The standard InChI is InChI=1S/C17H12F2O3/c18-17(19)22-13-7-5-11(6-8-13)9-12-10-21-15-4-2-1-3-14(15)16(12)20/h1-9,17H,10H2. The lowest BCUT2D eigenvalue weighted by Gasteiger charge is -2.18. The molecular weight excluding hydrogens is 290 g/mol. The summed E-state index contributed by atoms with van der Waals surface area (Å²) in [4.78, 5) is 12.4. The monoisotopic (exact) mass is 302 g/mol. The molecule has 3 rings (SSSR count). The van der Waals surface area contributed by atoms with Gasteiger partial charge in [-0.15, -0.1) is 0 Å². The van der Waals surface area contributed by atoms with Crippen molar-refractivity contribution in [3.63, 3.8) is 0 Å². The molecule has 0 atom stereocenters. The number of benzene rings is 2. The van der Waals surface area contributed by atoms with Gasteiger partial charge in [0.05, 0.1) is 5.56 Å². The van der Waals surface area contributed by atoms with Gasteiger partial charge in [0.15, 0.2) is 5.78 Å². The third-order valence-electron chi connectivity index (χ3n) is 3.25. The van der Waals surface area contributed by atoms with Gasteiger partial charge in [-0.2, -0.15) is 8.78 Å². The number of para-hydroxylation sites is 1. The van der Waals surface area contributed by atoms with Crippen LogP contribution >= 0.6 is 0 Å². The van der Waals surface area contributed by atoms with Crippen LogP contribution < -0.4 is 9.47 Å². The Hall–Kier alpha value is -2.69. The van der Waals surface area contributed by atoms with Crippen molar-refractivity contribution in [1.82, 2.24) is 0 Å². The molecule has 0 spiro atoms. The van der Waals surface area contributed by atoms with Gasteiger partial charge in [-0.3, -0.25) is 4.79 Å². The molecule has 1 heterocycles. The van der Waals surface area contributed by atoms with Gasteiger partial charge in [-0.1, -0.05) is 24.3 Å². The van der Waals surface area contributed by atoms with Gasteiger partial charge in [0.1, 0.15) is 18.1 Å². The lowest BCUT2D eigenvalue weighted by atomic mass is 9.98. The van der Waals surface area contributed by atoms with E-state index in [1.807, 2.05) is 6.07 Å². The summed E-state index contributed by atoms with van der Waals surface area (Å²) in [5, 5.41) is 0. The van der Waals surface area contributed by atoms with Gasteiger partial charge < -0.3 is 9.47 Å². The minimum atomic E-state index is -2.85. The van der Waals surface area contributed by atoms with Crippen molar-refractivity contribution in [2.24, 2.45) is 0 Å². The molecule has 0 aromatic heterocycles. The maximum Gasteiger partial charge on any atom is 0.387 e. The smallest absolute Gasteiger partial charge is 0.387 e. The van der Waals surface area contributed by atoms with Crippen LogP contribution in [0.3, 0.4) is 0 Å². The van der Waals surface area contributed by atoms with Crippen molar-refractivity contribution in [3.8, 4) is 11.5 Å². The molecule has 3 nitrogen and oxygen atoms in total. The van der Waals surface area contributed by atoms with E-state index in [0.29, 0.717) is 22.4 Å². The maximum absolute atomic E-state index is 12.4. The topological polar surface area (TPSA) is 35.5 Å². The van der Waals surface area contributed by atoms with E-state index in [9.17, 15) is 13.6 Å². The lowest BCUT2D eigenvalue weighted by Crippen LogP contribution is -2.18. The predicted octanol–water partition coefficient (Wildman–Crippen LogP) is 3.95. The van der Waals surface area contributed by atoms with E-state index in [4.69, 9.17) is 4.74 Å². The molecule has 0 aliphatic carbocycles. The highest BCUT2D eigenvalue weighted by atomic mass is 19.3. The number of Topliss-reactive ketones (excluding diaryl/α,β-unsaturated/α-hetero) is 1. The Morgan fingerprint density at radius 3 is 2.55 bits per heavy atom. The molecule has 0 amide bonds. The fraction of sp³-hybridized carbons (Fsp3) is 0.118. The van der Waals surface area contributed by atoms with Crippen molar-refractivity contribution < 1.29 is 23.0 Å². The molecule has 2 aromatic rings. The Balaban J connectivity index is 1.83. The number of ether oxygens (including phenoxy) is 2. The van der Waals surface area contributed by atoms with Crippen LogP contribution in [0.4, 0.5) is 8.78 Å². The van der Waals surface area contributed by atoms with E-state index in [0.717, 1.165) is 0 Å². The largest absolute Gasteiger partial charge is 0.488 e.